The maximum absolute atomic E-state index is 13.6. The van der Waals surface area contributed by atoms with Crippen LogP contribution in [0.3, 0.4) is 0 Å². The van der Waals surface area contributed by atoms with Crippen LogP contribution in [-0.4, -0.2) is 37.9 Å². The molecular formula is C30H25FN4O4. The first-order valence-corrected chi connectivity index (χ1v) is 12.5. The molecule has 39 heavy (non-hydrogen) atoms. The second-order valence-electron chi connectivity index (χ2n) is 9.28. The van der Waals surface area contributed by atoms with Crippen LogP contribution in [0, 0.1) is 24.1 Å². The van der Waals surface area contributed by atoms with Gasteiger partial charge in [-0.3, -0.25) is 14.2 Å². The first kappa shape index (κ1) is 25.8. The van der Waals surface area contributed by atoms with E-state index in [9.17, 15) is 24.3 Å². The van der Waals surface area contributed by atoms with E-state index in [4.69, 9.17) is 4.74 Å². The number of aromatic hydroxyl groups is 1. The molecule has 4 aromatic rings. The van der Waals surface area contributed by atoms with Gasteiger partial charge in [-0.05, 0) is 73.9 Å². The Kier molecular flexibility index (Phi) is 7.21. The molecule has 5 rings (SSSR count). The highest BCUT2D eigenvalue weighted by Crippen LogP contribution is 2.28. The first-order valence-electron chi connectivity index (χ1n) is 12.5. The van der Waals surface area contributed by atoms with Gasteiger partial charge < -0.3 is 9.84 Å². The number of nitrogens with zero attached hydrogens (tertiary/aromatic N) is 4. The number of aromatic nitrogens is 3. The number of carbonyl (C=O) groups excluding carboxylic acids is 1. The number of benzene rings is 2. The van der Waals surface area contributed by atoms with Crippen LogP contribution >= 0.6 is 0 Å². The molecule has 0 radical (unpaired) electrons. The highest BCUT2D eigenvalue weighted by atomic mass is 19.1. The van der Waals surface area contributed by atoms with Crippen molar-refractivity contribution in [3.8, 4) is 28.9 Å². The maximum atomic E-state index is 13.6. The molecule has 1 saturated heterocycles. The minimum absolute atomic E-state index is 0.0438. The van der Waals surface area contributed by atoms with Crippen molar-refractivity contribution in [1.29, 1.82) is 5.26 Å². The lowest BCUT2D eigenvalue weighted by molar-refractivity contribution is 0.0930. The summed E-state index contributed by atoms with van der Waals surface area (Å²) in [6, 6.07) is 17.1. The summed E-state index contributed by atoms with van der Waals surface area (Å²) in [4.78, 5) is 26.3. The lowest BCUT2D eigenvalue weighted by atomic mass is 10.0. The van der Waals surface area contributed by atoms with Gasteiger partial charge in [-0.25, -0.2) is 9.07 Å². The summed E-state index contributed by atoms with van der Waals surface area (Å²) in [6.07, 6.45) is 5.81. The highest BCUT2D eigenvalue weighted by molar-refractivity contribution is 6.09. The van der Waals surface area contributed by atoms with Gasteiger partial charge in [0.15, 0.2) is 5.78 Å². The van der Waals surface area contributed by atoms with Crippen LogP contribution < -0.4 is 5.56 Å². The molecule has 1 unspecified atom stereocenters. The average Bonchev–Trinajstić information content (AvgIpc) is 3.61. The Morgan fingerprint density at radius 3 is 2.64 bits per heavy atom. The minimum Gasteiger partial charge on any atom is -0.494 e. The molecule has 1 fully saturated rings. The van der Waals surface area contributed by atoms with E-state index >= 15 is 0 Å². The number of pyridine rings is 1. The molecular weight excluding hydrogens is 499 g/mol. The van der Waals surface area contributed by atoms with Crippen molar-refractivity contribution >= 4 is 11.9 Å². The number of hydrogen-bond donors (Lipinski definition) is 1. The number of rotatable bonds is 7. The molecule has 3 heterocycles. The Labute approximate surface area is 223 Å². The number of hydrogen-bond acceptors (Lipinski definition) is 6. The highest BCUT2D eigenvalue weighted by Gasteiger charge is 2.26. The fourth-order valence-electron chi connectivity index (χ4n) is 4.71. The van der Waals surface area contributed by atoms with E-state index in [1.807, 2.05) is 36.4 Å². The van der Waals surface area contributed by atoms with E-state index in [1.54, 1.807) is 29.1 Å². The van der Waals surface area contributed by atoms with Gasteiger partial charge in [0.25, 0.3) is 5.56 Å². The predicted octanol–water partition coefficient (Wildman–Crippen LogP) is 4.80. The van der Waals surface area contributed by atoms with Crippen LogP contribution in [0.2, 0.25) is 0 Å². The average molecular weight is 525 g/mol. The molecule has 9 heteroatoms. The monoisotopic (exact) mass is 524 g/mol. The number of para-hydroxylation sites is 1. The van der Waals surface area contributed by atoms with E-state index in [2.05, 4.69) is 5.10 Å². The van der Waals surface area contributed by atoms with Crippen molar-refractivity contribution in [1.82, 2.24) is 14.3 Å². The molecule has 0 aliphatic carbocycles. The van der Waals surface area contributed by atoms with Gasteiger partial charge >= 0.3 is 0 Å². The number of ether oxygens (including phenoxy) is 1. The number of nitriles is 1. The van der Waals surface area contributed by atoms with Crippen molar-refractivity contribution < 1.29 is 19.0 Å². The Morgan fingerprint density at radius 1 is 1.23 bits per heavy atom. The van der Waals surface area contributed by atoms with E-state index in [0.717, 1.165) is 16.7 Å². The molecule has 0 bridgehead atoms. The number of carbonyl (C=O) groups is 1. The molecule has 1 atom stereocenters. The van der Waals surface area contributed by atoms with Crippen LogP contribution in [0.1, 0.15) is 39.9 Å². The summed E-state index contributed by atoms with van der Waals surface area (Å²) in [5.41, 5.74) is 1.65. The third-order valence-electron chi connectivity index (χ3n) is 6.75. The van der Waals surface area contributed by atoms with Crippen molar-refractivity contribution in [2.75, 3.05) is 6.61 Å². The van der Waals surface area contributed by atoms with Crippen LogP contribution in [0.4, 0.5) is 4.39 Å². The summed E-state index contributed by atoms with van der Waals surface area (Å²) < 4.78 is 21.9. The number of halogens is 1. The SMILES string of the molecule is Cc1c(C(=O)/C=C/c2cn(-c3ccccc3)nc2-c2ccc(F)cc2)c(O)n(CC2CCCO2)c(=O)c1C#N. The van der Waals surface area contributed by atoms with Crippen molar-refractivity contribution in [3.63, 3.8) is 0 Å². The van der Waals surface area contributed by atoms with Gasteiger partial charge in [0, 0.05) is 23.9 Å². The molecule has 0 amide bonds. The van der Waals surface area contributed by atoms with Crippen molar-refractivity contribution in [2.45, 2.75) is 32.4 Å². The zero-order valence-electron chi connectivity index (χ0n) is 21.2. The predicted molar refractivity (Wildman–Crippen MR) is 143 cm³/mol. The van der Waals surface area contributed by atoms with Crippen LogP contribution in [0.15, 0.2) is 71.7 Å². The van der Waals surface area contributed by atoms with Crippen LogP contribution in [0.25, 0.3) is 23.0 Å². The molecule has 2 aromatic heterocycles. The zero-order chi connectivity index (χ0) is 27.5. The maximum Gasteiger partial charge on any atom is 0.271 e. The van der Waals surface area contributed by atoms with Gasteiger partial charge in [-0.2, -0.15) is 10.4 Å². The zero-order valence-corrected chi connectivity index (χ0v) is 21.2. The first-order chi connectivity index (χ1) is 18.9. The van der Waals surface area contributed by atoms with Gasteiger partial charge in [-0.1, -0.05) is 18.2 Å². The molecule has 196 valence electrons. The molecule has 0 spiro atoms. The Hall–Kier alpha value is -4.81. The summed E-state index contributed by atoms with van der Waals surface area (Å²) in [7, 11) is 0. The normalized spacial score (nSPS) is 15.1. The topological polar surface area (TPSA) is 110 Å². The van der Waals surface area contributed by atoms with Gasteiger partial charge in [0.05, 0.1) is 29.6 Å². The van der Waals surface area contributed by atoms with Gasteiger partial charge in [-0.15, -0.1) is 0 Å². The van der Waals surface area contributed by atoms with Crippen LogP contribution in [0.5, 0.6) is 5.88 Å². The summed E-state index contributed by atoms with van der Waals surface area (Å²) in [5, 5.41) is 25.3. The Bertz CT molecular complexity index is 1660. The summed E-state index contributed by atoms with van der Waals surface area (Å²) in [5.74, 6) is -1.47. The van der Waals surface area contributed by atoms with Crippen LogP contribution in [-0.2, 0) is 11.3 Å². The Morgan fingerprint density at radius 2 is 1.97 bits per heavy atom. The summed E-state index contributed by atoms with van der Waals surface area (Å²) in [6.45, 7) is 2.06. The Balaban J connectivity index is 1.56. The fourth-order valence-corrected chi connectivity index (χ4v) is 4.71. The molecule has 2 aromatic carbocycles. The van der Waals surface area contributed by atoms with Crippen molar-refractivity contribution in [3.05, 3.63) is 105 Å². The largest absolute Gasteiger partial charge is 0.494 e. The number of ketones is 1. The van der Waals surface area contributed by atoms with Gasteiger partial charge in [0.1, 0.15) is 17.4 Å². The van der Waals surface area contributed by atoms with E-state index < -0.39 is 17.2 Å². The van der Waals surface area contributed by atoms with E-state index in [0.29, 0.717) is 29.8 Å². The number of allylic oxidation sites excluding steroid dienone is 1. The van der Waals surface area contributed by atoms with Crippen molar-refractivity contribution in [2.24, 2.45) is 0 Å². The lowest BCUT2D eigenvalue weighted by Crippen LogP contribution is -2.30. The molecule has 8 nitrogen and oxygen atoms in total. The quantitative estimate of drug-likeness (QED) is 0.275. The molecule has 1 N–H and O–H groups in total. The molecule has 0 saturated carbocycles. The third-order valence-corrected chi connectivity index (χ3v) is 6.75. The lowest BCUT2D eigenvalue weighted by Gasteiger charge is -2.17. The van der Waals surface area contributed by atoms with Gasteiger partial charge in [0.2, 0.25) is 5.88 Å². The van der Waals surface area contributed by atoms with E-state index in [-0.39, 0.29) is 35.2 Å². The summed E-state index contributed by atoms with van der Waals surface area (Å²) >= 11 is 0. The standard InChI is InChI=1S/C30H25FN4O4/c1-19-25(16-32)29(37)34(18-24-8-5-15-39-24)30(38)27(19)26(36)14-11-21-17-35(23-6-3-2-4-7-23)33-28(21)20-9-12-22(31)13-10-20/h2-4,6-7,9-14,17,24,38H,5,8,15,18H2,1H3/b14-11+. The smallest absolute Gasteiger partial charge is 0.271 e. The molecule has 1 aliphatic rings. The molecule has 1 aliphatic heterocycles. The minimum atomic E-state index is -0.661. The fraction of sp³-hybridized carbons (Fsp3) is 0.200. The van der Waals surface area contributed by atoms with E-state index in [1.165, 1.54) is 25.1 Å². The third kappa shape index (κ3) is 5.15. The second kappa shape index (κ2) is 10.9. The second-order valence-corrected chi connectivity index (χ2v) is 9.28.